The minimum Gasteiger partial charge on any atom is -0.312 e. The molecule has 2 rings (SSSR count). The number of hydrogen-bond acceptors (Lipinski definition) is 3. The molecule has 1 atom stereocenters. The molecule has 1 heterocycles. The van der Waals surface area contributed by atoms with Gasteiger partial charge in [-0.3, -0.25) is 14.4 Å². The van der Waals surface area contributed by atoms with Gasteiger partial charge in [0.05, 0.1) is 7.11 Å². The smallest absolute Gasteiger partial charge is 0.258 e. The van der Waals surface area contributed by atoms with Crippen LogP contribution in [0.1, 0.15) is 6.42 Å². The minimum absolute atomic E-state index is 0.174. The molecule has 1 aromatic rings. The van der Waals surface area contributed by atoms with Crippen molar-refractivity contribution in [1.29, 1.82) is 0 Å². The lowest BCUT2D eigenvalue weighted by Gasteiger charge is -2.19. The average Bonchev–Trinajstić information content (AvgIpc) is 2.78. The molecule has 1 aliphatic heterocycles. The maximum atomic E-state index is 12.3. The molecule has 19 heavy (non-hydrogen) atoms. The van der Waals surface area contributed by atoms with Gasteiger partial charge in [-0.05, 0) is 24.6 Å². The highest BCUT2D eigenvalue weighted by molar-refractivity contribution is 9.10. The number of rotatable bonds is 3. The summed E-state index contributed by atoms with van der Waals surface area (Å²) in [5, 5.41) is 1.10. The van der Waals surface area contributed by atoms with Gasteiger partial charge in [-0.25, -0.2) is 5.06 Å². The van der Waals surface area contributed by atoms with Gasteiger partial charge in [-0.15, -0.1) is 0 Å². The Balaban J connectivity index is 2.16. The van der Waals surface area contributed by atoms with Crippen molar-refractivity contribution >= 4 is 33.4 Å². The number of hydrogen-bond donors (Lipinski definition) is 0. The van der Waals surface area contributed by atoms with Crippen LogP contribution < -0.4 is 4.90 Å². The summed E-state index contributed by atoms with van der Waals surface area (Å²) in [5.74, 6) is -1.12. The van der Waals surface area contributed by atoms with Crippen LogP contribution in [0.3, 0.4) is 0 Å². The fraction of sp³-hybridized carbons (Fsp3) is 0.385. The van der Waals surface area contributed by atoms with E-state index in [1.54, 1.807) is 4.90 Å². The van der Waals surface area contributed by atoms with Gasteiger partial charge in [0.25, 0.3) is 5.91 Å². The Morgan fingerprint density at radius 2 is 2.26 bits per heavy atom. The van der Waals surface area contributed by atoms with E-state index in [0.717, 1.165) is 15.2 Å². The van der Waals surface area contributed by atoms with Crippen LogP contribution >= 0.6 is 15.9 Å². The zero-order chi connectivity index (χ0) is 14.0. The molecule has 1 aliphatic rings. The molecule has 0 N–H and O–H groups in total. The van der Waals surface area contributed by atoms with Gasteiger partial charge in [0, 0.05) is 23.8 Å². The van der Waals surface area contributed by atoms with E-state index in [2.05, 4.69) is 15.9 Å². The summed E-state index contributed by atoms with van der Waals surface area (Å²) < 4.78 is 0.904. The van der Waals surface area contributed by atoms with E-state index in [1.807, 2.05) is 24.3 Å². The first-order valence-electron chi connectivity index (χ1n) is 5.93. The molecule has 1 aromatic carbocycles. The van der Waals surface area contributed by atoms with Crippen LogP contribution in [0.5, 0.6) is 0 Å². The molecule has 0 unspecified atom stereocenters. The summed E-state index contributed by atoms with van der Waals surface area (Å²) in [6.45, 7) is 0.545. The van der Waals surface area contributed by atoms with Crippen LogP contribution in [0.25, 0.3) is 0 Å². The highest BCUT2D eigenvalue weighted by Crippen LogP contribution is 2.28. The lowest BCUT2D eigenvalue weighted by Crippen LogP contribution is -2.37. The Morgan fingerprint density at radius 1 is 1.53 bits per heavy atom. The van der Waals surface area contributed by atoms with Gasteiger partial charge in [0.1, 0.15) is 5.92 Å². The Bertz CT molecular complexity index is 506. The molecule has 0 saturated carbocycles. The Hall–Kier alpha value is -1.40. The standard InChI is InChI=1S/C13H15BrN2O3/c1-15(19-2)12(17)11-6-7-16(13(11)18)10-5-3-4-9(14)8-10/h3-5,8,11H,6-7H2,1-2H3/t11-/m0/s1. The molecule has 102 valence electrons. The van der Waals surface area contributed by atoms with Crippen LogP contribution in [-0.4, -0.2) is 37.6 Å². The quantitative estimate of drug-likeness (QED) is 0.629. The van der Waals surface area contributed by atoms with Gasteiger partial charge in [0.15, 0.2) is 0 Å². The van der Waals surface area contributed by atoms with Crippen molar-refractivity contribution in [2.45, 2.75) is 6.42 Å². The van der Waals surface area contributed by atoms with Crippen molar-refractivity contribution in [1.82, 2.24) is 5.06 Å². The van der Waals surface area contributed by atoms with Crippen LogP contribution in [0, 0.1) is 5.92 Å². The predicted molar refractivity (Wildman–Crippen MR) is 74.4 cm³/mol. The lowest BCUT2D eigenvalue weighted by molar-refractivity contribution is -0.173. The maximum absolute atomic E-state index is 12.3. The average molecular weight is 327 g/mol. The first kappa shape index (κ1) is 14.0. The fourth-order valence-corrected chi connectivity index (χ4v) is 2.51. The van der Waals surface area contributed by atoms with Gasteiger partial charge >= 0.3 is 0 Å². The first-order chi connectivity index (χ1) is 9.04. The molecule has 0 aromatic heterocycles. The largest absolute Gasteiger partial charge is 0.312 e. The molecular formula is C13H15BrN2O3. The monoisotopic (exact) mass is 326 g/mol. The molecule has 0 spiro atoms. The van der Waals surface area contributed by atoms with Crippen LogP contribution in [-0.2, 0) is 14.4 Å². The van der Waals surface area contributed by atoms with Crippen molar-refractivity contribution in [3.8, 4) is 0 Å². The summed E-state index contributed by atoms with van der Waals surface area (Å²) in [7, 11) is 2.92. The van der Waals surface area contributed by atoms with Gasteiger partial charge < -0.3 is 4.90 Å². The molecule has 1 saturated heterocycles. The third-order valence-corrected chi connectivity index (χ3v) is 3.70. The molecule has 0 bridgehead atoms. The summed E-state index contributed by atoms with van der Waals surface area (Å²) in [6, 6.07) is 7.48. The lowest BCUT2D eigenvalue weighted by atomic mass is 10.1. The van der Waals surface area contributed by atoms with Gasteiger partial charge in [-0.1, -0.05) is 22.0 Å². The molecule has 1 fully saturated rings. The number of amides is 2. The molecule has 6 heteroatoms. The van der Waals surface area contributed by atoms with E-state index in [4.69, 9.17) is 4.84 Å². The second kappa shape index (κ2) is 5.71. The Kier molecular flexibility index (Phi) is 4.21. The first-order valence-corrected chi connectivity index (χ1v) is 6.72. The molecule has 5 nitrogen and oxygen atoms in total. The minimum atomic E-state index is -0.649. The normalized spacial score (nSPS) is 18.8. The van der Waals surface area contributed by atoms with Crippen LogP contribution in [0.15, 0.2) is 28.7 Å². The zero-order valence-electron chi connectivity index (χ0n) is 10.8. The second-order valence-electron chi connectivity index (χ2n) is 4.33. The number of nitrogens with zero attached hydrogens (tertiary/aromatic N) is 2. The third-order valence-electron chi connectivity index (χ3n) is 3.21. The van der Waals surface area contributed by atoms with Crippen molar-refractivity contribution in [3.05, 3.63) is 28.7 Å². The number of carbonyl (C=O) groups excluding carboxylic acids is 2. The Labute approximate surface area is 120 Å². The summed E-state index contributed by atoms with van der Waals surface area (Å²) >= 11 is 3.37. The SMILES string of the molecule is CON(C)C(=O)[C@@H]1CCN(c2cccc(Br)c2)C1=O. The van der Waals surface area contributed by atoms with E-state index in [1.165, 1.54) is 14.2 Å². The van der Waals surface area contributed by atoms with E-state index in [9.17, 15) is 9.59 Å². The third kappa shape index (κ3) is 2.79. The zero-order valence-corrected chi connectivity index (χ0v) is 12.4. The van der Waals surface area contributed by atoms with E-state index in [-0.39, 0.29) is 11.8 Å². The summed E-state index contributed by atoms with van der Waals surface area (Å²) in [4.78, 5) is 30.7. The maximum Gasteiger partial charge on any atom is 0.258 e. The molecule has 0 aliphatic carbocycles. The van der Waals surface area contributed by atoms with E-state index < -0.39 is 5.92 Å². The fourth-order valence-electron chi connectivity index (χ4n) is 2.12. The topological polar surface area (TPSA) is 49.9 Å². The van der Waals surface area contributed by atoms with Gasteiger partial charge in [0.2, 0.25) is 5.91 Å². The molecule has 2 amide bonds. The van der Waals surface area contributed by atoms with Crippen LogP contribution in [0.4, 0.5) is 5.69 Å². The van der Waals surface area contributed by atoms with E-state index >= 15 is 0 Å². The summed E-state index contributed by atoms with van der Waals surface area (Å²) in [5.41, 5.74) is 0.801. The highest BCUT2D eigenvalue weighted by atomic mass is 79.9. The van der Waals surface area contributed by atoms with Crippen molar-refractivity contribution in [2.24, 2.45) is 5.92 Å². The van der Waals surface area contributed by atoms with E-state index in [0.29, 0.717) is 13.0 Å². The predicted octanol–water partition coefficient (Wildman–Crippen LogP) is 1.82. The summed E-state index contributed by atoms with van der Waals surface area (Å²) in [6.07, 6.45) is 0.512. The van der Waals surface area contributed by atoms with Crippen molar-refractivity contribution < 1.29 is 14.4 Å². The van der Waals surface area contributed by atoms with Crippen LogP contribution in [0.2, 0.25) is 0 Å². The number of halogens is 1. The number of benzene rings is 1. The number of hydroxylamine groups is 2. The molecule has 0 radical (unpaired) electrons. The molecular weight excluding hydrogens is 312 g/mol. The van der Waals surface area contributed by atoms with Crippen molar-refractivity contribution in [3.63, 3.8) is 0 Å². The Morgan fingerprint density at radius 3 is 2.89 bits per heavy atom. The highest BCUT2D eigenvalue weighted by Gasteiger charge is 2.39. The second-order valence-corrected chi connectivity index (χ2v) is 5.24. The van der Waals surface area contributed by atoms with Crippen molar-refractivity contribution in [2.75, 3.05) is 25.6 Å². The number of carbonyl (C=O) groups is 2. The number of anilines is 1. The van der Waals surface area contributed by atoms with Gasteiger partial charge in [-0.2, -0.15) is 0 Å².